The molecule has 1 rings (SSSR count). The molecule has 0 aromatic rings. The molecule has 0 aliphatic carbocycles. The molecule has 0 aromatic carbocycles. The highest BCUT2D eigenvalue weighted by molar-refractivity contribution is 4.94. The van der Waals surface area contributed by atoms with E-state index < -0.39 is 0 Å². The Bertz CT molecular complexity index is 140. The van der Waals surface area contributed by atoms with Crippen molar-refractivity contribution in [2.45, 2.75) is 64.5 Å². The summed E-state index contributed by atoms with van der Waals surface area (Å²) in [6.45, 7) is 9.03. The summed E-state index contributed by atoms with van der Waals surface area (Å²) < 4.78 is 0. The zero-order chi connectivity index (χ0) is 8.54. The summed E-state index contributed by atoms with van der Waals surface area (Å²) in [5.41, 5.74) is 0.519. The smallest absolute Gasteiger partial charge is 0.0332 e. The van der Waals surface area contributed by atoms with Gasteiger partial charge in [0.05, 0.1) is 0 Å². The van der Waals surface area contributed by atoms with Gasteiger partial charge in [-0.3, -0.25) is 0 Å². The van der Waals surface area contributed by atoms with Crippen molar-refractivity contribution in [2.24, 2.45) is 0 Å². The van der Waals surface area contributed by atoms with Gasteiger partial charge in [-0.1, -0.05) is 6.92 Å². The zero-order valence-corrected chi connectivity index (χ0v) is 8.28. The van der Waals surface area contributed by atoms with E-state index in [9.17, 15) is 0 Å². The summed E-state index contributed by atoms with van der Waals surface area (Å²) >= 11 is 0. The van der Waals surface area contributed by atoms with E-state index in [2.05, 4.69) is 27.7 Å². The molecule has 1 saturated heterocycles. The summed E-state index contributed by atoms with van der Waals surface area (Å²) in [6, 6.07) is 0. The van der Waals surface area contributed by atoms with Crippen LogP contribution < -0.4 is 5.32 Å². The van der Waals surface area contributed by atoms with E-state index in [0.717, 1.165) is 0 Å². The van der Waals surface area contributed by atoms with Crippen LogP contribution in [0.2, 0.25) is 0 Å². The molecule has 0 spiro atoms. The van der Waals surface area contributed by atoms with Crippen LogP contribution in [-0.2, 0) is 0 Å². The number of rotatable bonds is 1. The van der Waals surface area contributed by atoms with Crippen molar-refractivity contribution in [3.63, 3.8) is 0 Å². The lowest BCUT2D eigenvalue weighted by atomic mass is 9.80. The molecule has 1 heterocycles. The van der Waals surface area contributed by atoms with E-state index in [0.29, 0.717) is 0 Å². The Balaban J connectivity index is 2.59. The van der Waals surface area contributed by atoms with Crippen molar-refractivity contribution in [3.8, 4) is 0 Å². The molecule has 11 heavy (non-hydrogen) atoms. The molecular weight excluding hydrogens is 134 g/mol. The molecule has 0 aromatic heterocycles. The first-order valence-electron chi connectivity index (χ1n) is 4.71. The third-order valence-corrected chi connectivity index (χ3v) is 2.84. The molecule has 1 fully saturated rings. The first-order valence-corrected chi connectivity index (χ1v) is 4.71. The van der Waals surface area contributed by atoms with E-state index in [-0.39, 0.29) is 11.1 Å². The molecule has 1 radical (unpaired) electrons. The van der Waals surface area contributed by atoms with Gasteiger partial charge in [0.1, 0.15) is 0 Å². The average molecular weight is 154 g/mol. The van der Waals surface area contributed by atoms with Gasteiger partial charge in [-0.15, -0.1) is 0 Å². The summed E-state index contributed by atoms with van der Waals surface area (Å²) in [6.07, 6.45) is 5.09. The molecule has 1 aliphatic heterocycles. The lowest BCUT2D eigenvalue weighted by molar-refractivity contribution is 0.155. The summed E-state index contributed by atoms with van der Waals surface area (Å²) in [4.78, 5) is 0. The third kappa shape index (κ3) is 2.19. The largest absolute Gasteiger partial charge is 0.229 e. The minimum Gasteiger partial charge on any atom is -0.229 e. The number of piperidine rings is 1. The number of hydrogen-bond donors (Lipinski definition) is 0. The number of nitrogens with zero attached hydrogens (tertiary/aromatic N) is 1. The second-order valence-electron chi connectivity index (χ2n) is 4.63. The first-order chi connectivity index (χ1) is 4.97. The monoisotopic (exact) mass is 154 g/mol. The van der Waals surface area contributed by atoms with Gasteiger partial charge < -0.3 is 0 Å². The second-order valence-corrected chi connectivity index (χ2v) is 4.63. The lowest BCUT2D eigenvalue weighted by Crippen LogP contribution is -2.50. The van der Waals surface area contributed by atoms with Gasteiger partial charge in [0.15, 0.2) is 0 Å². The molecular formula is C10H20N. The fraction of sp³-hybridized carbons (Fsp3) is 1.00. The maximum atomic E-state index is 4.86. The van der Waals surface area contributed by atoms with Crippen molar-refractivity contribution < 1.29 is 0 Å². The van der Waals surface area contributed by atoms with Crippen LogP contribution in [0, 0.1) is 0 Å². The van der Waals surface area contributed by atoms with Gasteiger partial charge >= 0.3 is 0 Å². The van der Waals surface area contributed by atoms with E-state index in [1.165, 1.54) is 25.7 Å². The standard InChI is InChI=1S/C10H20N/c1-5-10(4)8-6-7-9(2,3)11-10/h5-8H2,1-4H3. The quantitative estimate of drug-likeness (QED) is 0.551. The second kappa shape index (κ2) is 2.78. The van der Waals surface area contributed by atoms with E-state index in [1.54, 1.807) is 0 Å². The van der Waals surface area contributed by atoms with Gasteiger partial charge in [0.25, 0.3) is 0 Å². The van der Waals surface area contributed by atoms with Crippen molar-refractivity contribution in [1.29, 1.82) is 0 Å². The van der Waals surface area contributed by atoms with Crippen LogP contribution in [0.3, 0.4) is 0 Å². The summed E-state index contributed by atoms with van der Waals surface area (Å²) in [5, 5.41) is 4.86. The van der Waals surface area contributed by atoms with E-state index in [1.807, 2.05) is 0 Å². The highest BCUT2D eigenvalue weighted by atomic mass is 15.0. The average Bonchev–Trinajstić information content (AvgIpc) is 1.85. The van der Waals surface area contributed by atoms with Gasteiger partial charge in [0, 0.05) is 11.1 Å². The third-order valence-electron chi connectivity index (χ3n) is 2.84. The molecule has 65 valence electrons. The van der Waals surface area contributed by atoms with Crippen LogP contribution in [-0.4, -0.2) is 11.1 Å². The molecule has 1 unspecified atom stereocenters. The molecule has 1 nitrogen and oxygen atoms in total. The van der Waals surface area contributed by atoms with Crippen LogP contribution in [0.5, 0.6) is 0 Å². The highest BCUT2D eigenvalue weighted by Gasteiger charge is 2.35. The Kier molecular flexibility index (Phi) is 2.29. The molecule has 0 amide bonds. The fourth-order valence-corrected chi connectivity index (χ4v) is 2.00. The predicted molar refractivity (Wildman–Crippen MR) is 48.8 cm³/mol. The van der Waals surface area contributed by atoms with Crippen LogP contribution in [0.15, 0.2) is 0 Å². The Morgan fingerprint density at radius 2 is 1.82 bits per heavy atom. The first kappa shape index (κ1) is 9.05. The van der Waals surface area contributed by atoms with Crippen LogP contribution in [0.25, 0.3) is 0 Å². The van der Waals surface area contributed by atoms with Gasteiger partial charge in [-0.05, 0) is 46.5 Å². The van der Waals surface area contributed by atoms with Crippen LogP contribution in [0.4, 0.5) is 0 Å². The maximum absolute atomic E-state index is 4.86. The molecule has 1 atom stereocenters. The lowest BCUT2D eigenvalue weighted by Gasteiger charge is -2.42. The zero-order valence-electron chi connectivity index (χ0n) is 8.28. The van der Waals surface area contributed by atoms with Crippen LogP contribution >= 0.6 is 0 Å². The molecule has 0 bridgehead atoms. The van der Waals surface area contributed by atoms with Crippen molar-refractivity contribution >= 4 is 0 Å². The highest BCUT2D eigenvalue weighted by Crippen LogP contribution is 2.32. The molecule has 1 heteroatoms. The van der Waals surface area contributed by atoms with Gasteiger partial charge in [-0.25, -0.2) is 5.32 Å². The van der Waals surface area contributed by atoms with Crippen molar-refractivity contribution in [2.75, 3.05) is 0 Å². The van der Waals surface area contributed by atoms with Crippen LogP contribution in [0.1, 0.15) is 53.4 Å². The molecule has 0 N–H and O–H groups in total. The Morgan fingerprint density at radius 3 is 2.18 bits per heavy atom. The fourth-order valence-electron chi connectivity index (χ4n) is 2.00. The molecule has 0 saturated carbocycles. The number of hydrogen-bond acceptors (Lipinski definition) is 0. The Labute approximate surface area is 70.6 Å². The van der Waals surface area contributed by atoms with E-state index in [4.69, 9.17) is 5.32 Å². The van der Waals surface area contributed by atoms with Crippen molar-refractivity contribution in [3.05, 3.63) is 0 Å². The summed E-state index contributed by atoms with van der Waals surface area (Å²) in [7, 11) is 0. The normalized spacial score (nSPS) is 37.1. The predicted octanol–water partition coefficient (Wildman–Crippen LogP) is 2.72. The maximum Gasteiger partial charge on any atom is 0.0332 e. The SMILES string of the molecule is CCC1(C)CCCC(C)(C)[N]1. The summed E-state index contributed by atoms with van der Waals surface area (Å²) in [5.74, 6) is 0. The Morgan fingerprint density at radius 1 is 1.18 bits per heavy atom. The Hall–Kier alpha value is -0.0400. The minimum atomic E-state index is 0.239. The van der Waals surface area contributed by atoms with E-state index >= 15 is 0 Å². The van der Waals surface area contributed by atoms with Crippen molar-refractivity contribution in [1.82, 2.24) is 5.32 Å². The van der Waals surface area contributed by atoms with Gasteiger partial charge in [0.2, 0.25) is 0 Å². The molecule has 1 aliphatic rings. The van der Waals surface area contributed by atoms with Gasteiger partial charge in [-0.2, -0.15) is 0 Å². The minimum absolute atomic E-state index is 0.239. The topological polar surface area (TPSA) is 14.1 Å².